The maximum Gasteiger partial charge on any atom is 0.230 e. The summed E-state index contributed by atoms with van der Waals surface area (Å²) >= 11 is 1.30. The lowest BCUT2D eigenvalue weighted by Gasteiger charge is -2.19. The molecule has 1 aromatic carbocycles. The molecule has 1 aromatic heterocycles. The first kappa shape index (κ1) is 16.8. The van der Waals surface area contributed by atoms with Crippen molar-refractivity contribution in [3.63, 3.8) is 0 Å². The van der Waals surface area contributed by atoms with Crippen molar-refractivity contribution in [3.8, 4) is 11.4 Å². The number of carbonyl (C=O) groups excluding carboxylic acids is 1. The number of nitrogens with zero attached hydrogens (tertiary/aromatic N) is 3. The Bertz CT molecular complexity index is 728. The monoisotopic (exact) mass is 345 g/mol. The minimum absolute atomic E-state index is 0.0154. The molecule has 0 aliphatic heterocycles. The summed E-state index contributed by atoms with van der Waals surface area (Å²) in [6.07, 6.45) is 2.16. The van der Waals surface area contributed by atoms with Gasteiger partial charge in [-0.25, -0.2) is 4.68 Å². The highest BCUT2D eigenvalue weighted by molar-refractivity contribution is 7.99. The highest BCUT2D eigenvalue weighted by Crippen LogP contribution is 2.26. The van der Waals surface area contributed by atoms with E-state index in [0.717, 1.165) is 18.4 Å². The van der Waals surface area contributed by atoms with Gasteiger partial charge in [-0.3, -0.25) is 4.79 Å². The number of carbonyl (C=O) groups is 1. The van der Waals surface area contributed by atoms with Gasteiger partial charge in [-0.1, -0.05) is 56.8 Å². The van der Waals surface area contributed by atoms with Crippen molar-refractivity contribution in [1.29, 1.82) is 0 Å². The molecule has 0 unspecified atom stereocenters. The molecule has 0 bridgehead atoms. The van der Waals surface area contributed by atoms with Crippen molar-refractivity contribution < 1.29 is 4.79 Å². The minimum Gasteiger partial charge on any atom is -0.353 e. The van der Waals surface area contributed by atoms with E-state index in [4.69, 9.17) is 5.84 Å². The van der Waals surface area contributed by atoms with Crippen LogP contribution in [0.2, 0.25) is 0 Å². The average Bonchev–Trinajstić information content (AvgIpc) is 3.26. The van der Waals surface area contributed by atoms with Gasteiger partial charge in [0.05, 0.1) is 5.75 Å². The third-order valence-corrected chi connectivity index (χ3v) is 4.89. The number of nitrogen functional groups attached to an aromatic ring is 1. The Balaban J connectivity index is 1.68. The van der Waals surface area contributed by atoms with Crippen LogP contribution in [0.15, 0.2) is 29.4 Å². The highest BCUT2D eigenvalue weighted by atomic mass is 32.2. The van der Waals surface area contributed by atoms with Gasteiger partial charge < -0.3 is 11.2 Å². The molecule has 1 amide bonds. The summed E-state index contributed by atoms with van der Waals surface area (Å²) in [5.74, 6) is 7.01. The summed E-state index contributed by atoms with van der Waals surface area (Å²) in [6, 6.07) is 8.54. The smallest absolute Gasteiger partial charge is 0.230 e. The lowest BCUT2D eigenvalue weighted by Crippen LogP contribution is -2.27. The first-order valence-electron chi connectivity index (χ1n) is 8.08. The van der Waals surface area contributed by atoms with E-state index in [1.165, 1.54) is 22.0 Å². The highest BCUT2D eigenvalue weighted by Gasteiger charge is 2.23. The fourth-order valence-corrected chi connectivity index (χ4v) is 2.99. The van der Waals surface area contributed by atoms with Crippen LogP contribution in [0.25, 0.3) is 11.4 Å². The van der Waals surface area contributed by atoms with E-state index in [0.29, 0.717) is 22.8 Å². The number of aromatic nitrogens is 3. The van der Waals surface area contributed by atoms with E-state index < -0.39 is 0 Å². The predicted molar refractivity (Wildman–Crippen MR) is 96.2 cm³/mol. The summed E-state index contributed by atoms with van der Waals surface area (Å²) in [7, 11) is 0. The van der Waals surface area contributed by atoms with Gasteiger partial charge in [-0.15, -0.1) is 10.2 Å². The molecule has 1 fully saturated rings. The molecule has 0 atom stereocenters. The van der Waals surface area contributed by atoms with Crippen molar-refractivity contribution in [2.75, 3.05) is 11.6 Å². The molecule has 128 valence electrons. The number of thioether (sulfide) groups is 1. The van der Waals surface area contributed by atoms with Gasteiger partial charge >= 0.3 is 0 Å². The molecule has 1 heterocycles. The maximum absolute atomic E-state index is 11.8. The van der Waals surface area contributed by atoms with Crippen LogP contribution in [0.5, 0.6) is 0 Å². The number of hydrogen-bond acceptors (Lipinski definition) is 5. The van der Waals surface area contributed by atoms with Crippen molar-refractivity contribution in [2.45, 2.75) is 50.2 Å². The topological polar surface area (TPSA) is 85.8 Å². The summed E-state index contributed by atoms with van der Waals surface area (Å²) in [5.41, 5.74) is 2.26. The van der Waals surface area contributed by atoms with Crippen LogP contribution in [0.3, 0.4) is 0 Å². The maximum atomic E-state index is 11.8. The molecule has 0 radical (unpaired) electrons. The fourth-order valence-electron chi connectivity index (χ4n) is 2.32. The lowest BCUT2D eigenvalue weighted by molar-refractivity contribution is -0.118. The SMILES string of the molecule is CC(C)(C)c1ccc(-c2nnc(SCC(=O)NC3CC3)n2N)cc1. The van der Waals surface area contributed by atoms with E-state index in [1.54, 1.807) is 0 Å². The number of benzene rings is 1. The van der Waals surface area contributed by atoms with Crippen LogP contribution in [0.4, 0.5) is 0 Å². The molecule has 1 saturated carbocycles. The molecule has 7 heteroatoms. The zero-order valence-electron chi connectivity index (χ0n) is 14.2. The summed E-state index contributed by atoms with van der Waals surface area (Å²) in [6.45, 7) is 6.53. The zero-order valence-corrected chi connectivity index (χ0v) is 15.1. The van der Waals surface area contributed by atoms with Gasteiger partial charge in [0, 0.05) is 11.6 Å². The largest absolute Gasteiger partial charge is 0.353 e. The molecular formula is C17H23N5OS. The number of hydrogen-bond donors (Lipinski definition) is 2. The van der Waals surface area contributed by atoms with Crippen LogP contribution < -0.4 is 11.2 Å². The molecule has 2 aromatic rings. The van der Waals surface area contributed by atoms with Crippen LogP contribution in [-0.4, -0.2) is 32.6 Å². The Morgan fingerprint density at radius 2 is 1.96 bits per heavy atom. The van der Waals surface area contributed by atoms with Gasteiger partial charge in [-0.05, 0) is 23.8 Å². The number of amides is 1. The molecule has 1 aliphatic rings. The molecule has 3 N–H and O–H groups in total. The van der Waals surface area contributed by atoms with E-state index in [2.05, 4.69) is 48.4 Å². The fraction of sp³-hybridized carbons (Fsp3) is 0.471. The molecule has 0 saturated heterocycles. The van der Waals surface area contributed by atoms with Gasteiger partial charge in [-0.2, -0.15) is 0 Å². The second-order valence-corrected chi connectivity index (χ2v) is 8.08. The summed E-state index contributed by atoms with van der Waals surface area (Å²) in [4.78, 5) is 11.8. The van der Waals surface area contributed by atoms with Gasteiger partial charge in [0.15, 0.2) is 5.82 Å². The number of nitrogens with one attached hydrogen (secondary N) is 1. The van der Waals surface area contributed by atoms with Crippen LogP contribution in [0, 0.1) is 0 Å². The van der Waals surface area contributed by atoms with Crippen molar-refractivity contribution in [3.05, 3.63) is 29.8 Å². The van der Waals surface area contributed by atoms with Crippen LogP contribution in [-0.2, 0) is 10.2 Å². The van der Waals surface area contributed by atoms with E-state index in [-0.39, 0.29) is 11.3 Å². The van der Waals surface area contributed by atoms with Crippen LogP contribution >= 0.6 is 11.8 Å². The quantitative estimate of drug-likeness (QED) is 0.642. The van der Waals surface area contributed by atoms with Crippen LogP contribution in [0.1, 0.15) is 39.2 Å². The number of rotatable bonds is 5. The molecule has 3 rings (SSSR count). The Labute approximate surface area is 146 Å². The Morgan fingerprint density at radius 3 is 2.54 bits per heavy atom. The Morgan fingerprint density at radius 1 is 1.29 bits per heavy atom. The third kappa shape index (κ3) is 3.90. The van der Waals surface area contributed by atoms with Gasteiger partial charge in [0.25, 0.3) is 0 Å². The zero-order chi connectivity index (χ0) is 17.3. The third-order valence-electron chi connectivity index (χ3n) is 3.95. The Hall–Kier alpha value is -2.02. The second kappa shape index (κ2) is 6.47. The predicted octanol–water partition coefficient (Wildman–Crippen LogP) is 2.33. The van der Waals surface area contributed by atoms with E-state index in [9.17, 15) is 4.79 Å². The number of nitrogens with two attached hydrogens (primary N) is 1. The minimum atomic E-state index is 0.0154. The molecule has 24 heavy (non-hydrogen) atoms. The lowest BCUT2D eigenvalue weighted by atomic mass is 9.87. The molecule has 1 aliphatic carbocycles. The molecule has 0 spiro atoms. The normalized spacial score (nSPS) is 14.6. The summed E-state index contributed by atoms with van der Waals surface area (Å²) < 4.78 is 1.45. The Kier molecular flexibility index (Phi) is 4.54. The first-order valence-corrected chi connectivity index (χ1v) is 9.07. The van der Waals surface area contributed by atoms with E-state index in [1.807, 2.05) is 12.1 Å². The second-order valence-electron chi connectivity index (χ2n) is 7.13. The average molecular weight is 345 g/mol. The van der Waals surface area contributed by atoms with Gasteiger partial charge in [0.2, 0.25) is 11.1 Å². The van der Waals surface area contributed by atoms with Crippen molar-refractivity contribution in [2.24, 2.45) is 0 Å². The van der Waals surface area contributed by atoms with Crippen molar-refractivity contribution >= 4 is 17.7 Å². The molecular weight excluding hydrogens is 322 g/mol. The van der Waals surface area contributed by atoms with Gasteiger partial charge in [0.1, 0.15) is 0 Å². The first-order chi connectivity index (χ1) is 11.3. The van der Waals surface area contributed by atoms with E-state index >= 15 is 0 Å². The van der Waals surface area contributed by atoms with Crippen molar-refractivity contribution in [1.82, 2.24) is 20.2 Å². The standard InChI is InChI=1S/C17H23N5OS/c1-17(2,3)12-6-4-11(5-7-12)15-20-21-16(22(15)18)24-10-14(23)19-13-8-9-13/h4-7,13H,8-10,18H2,1-3H3,(H,19,23). The summed E-state index contributed by atoms with van der Waals surface area (Å²) in [5, 5.41) is 11.7. The molecule has 6 nitrogen and oxygen atoms in total.